The summed E-state index contributed by atoms with van der Waals surface area (Å²) in [5, 5.41) is 21.1. The number of carboxylic acid groups (broad SMARTS) is 1. The quantitative estimate of drug-likeness (QED) is 0.805. The highest BCUT2D eigenvalue weighted by Crippen LogP contribution is 2.18. The van der Waals surface area contributed by atoms with Crippen molar-refractivity contribution >= 4 is 5.97 Å². The van der Waals surface area contributed by atoms with Crippen molar-refractivity contribution in [1.29, 1.82) is 0 Å². The van der Waals surface area contributed by atoms with E-state index in [1.807, 2.05) is 0 Å². The number of nitrogens with zero attached hydrogens (tertiary/aromatic N) is 2. The Labute approximate surface area is 108 Å². The summed E-state index contributed by atoms with van der Waals surface area (Å²) in [6, 6.07) is 1.73. The lowest BCUT2D eigenvalue weighted by Crippen LogP contribution is -2.24. The average molecular weight is 286 g/mol. The fourth-order valence-electron chi connectivity index (χ4n) is 1.45. The molecule has 0 atom stereocenters. The molecule has 1 heterocycles. The minimum atomic E-state index is -1.83. The monoisotopic (exact) mass is 286 g/mol. The Kier molecular flexibility index (Phi) is 3.18. The lowest BCUT2D eigenvalue weighted by molar-refractivity contribution is 0.0684. The van der Waals surface area contributed by atoms with Crippen molar-refractivity contribution < 1.29 is 28.2 Å². The number of carboxylic acids is 1. The standard InChI is InChI=1S/C11H5F3N2O4/c12-4-1-2-5(9(14)8(4)13)16-7(18)3-6(17)10(15-16)11(19)20/h1-3,17H,(H,19,20). The highest BCUT2D eigenvalue weighted by Gasteiger charge is 2.20. The Morgan fingerprint density at radius 1 is 1.20 bits per heavy atom. The van der Waals surface area contributed by atoms with Gasteiger partial charge in [-0.2, -0.15) is 9.78 Å². The van der Waals surface area contributed by atoms with E-state index in [9.17, 15) is 27.9 Å². The smallest absolute Gasteiger partial charge is 0.360 e. The van der Waals surface area contributed by atoms with E-state index in [1.165, 1.54) is 0 Å². The summed E-state index contributed by atoms with van der Waals surface area (Å²) in [4.78, 5) is 22.3. The molecule has 0 fully saturated rings. The van der Waals surface area contributed by atoms with Crippen molar-refractivity contribution in [2.45, 2.75) is 0 Å². The summed E-state index contributed by atoms with van der Waals surface area (Å²) in [7, 11) is 0. The molecule has 0 saturated heterocycles. The number of aromatic carboxylic acids is 1. The van der Waals surface area contributed by atoms with Crippen LogP contribution in [0, 0.1) is 17.5 Å². The van der Waals surface area contributed by atoms with Crippen LogP contribution in [0.3, 0.4) is 0 Å². The number of hydrogen-bond acceptors (Lipinski definition) is 4. The first-order valence-corrected chi connectivity index (χ1v) is 5.03. The Balaban J connectivity index is 2.77. The number of aromatic hydroxyl groups is 1. The van der Waals surface area contributed by atoms with Gasteiger partial charge in [0.15, 0.2) is 23.2 Å². The maximum Gasteiger partial charge on any atom is 0.360 e. The molecule has 104 valence electrons. The highest BCUT2D eigenvalue weighted by molar-refractivity contribution is 5.88. The zero-order chi connectivity index (χ0) is 15.0. The molecule has 1 aromatic heterocycles. The van der Waals surface area contributed by atoms with Gasteiger partial charge < -0.3 is 10.2 Å². The van der Waals surface area contributed by atoms with Gasteiger partial charge in [-0.1, -0.05) is 0 Å². The van der Waals surface area contributed by atoms with E-state index in [-0.39, 0.29) is 4.68 Å². The van der Waals surface area contributed by atoms with Gasteiger partial charge in [-0.15, -0.1) is 0 Å². The second kappa shape index (κ2) is 4.68. The Morgan fingerprint density at radius 3 is 2.45 bits per heavy atom. The number of benzene rings is 1. The first-order valence-electron chi connectivity index (χ1n) is 5.03. The van der Waals surface area contributed by atoms with Gasteiger partial charge in [0.2, 0.25) is 5.69 Å². The molecule has 0 aliphatic rings. The molecule has 9 heteroatoms. The van der Waals surface area contributed by atoms with Gasteiger partial charge in [-0.3, -0.25) is 4.79 Å². The predicted molar refractivity (Wildman–Crippen MR) is 58.3 cm³/mol. The third-order valence-corrected chi connectivity index (χ3v) is 2.36. The molecule has 0 radical (unpaired) electrons. The van der Waals surface area contributed by atoms with Crippen LogP contribution in [-0.4, -0.2) is 26.0 Å². The van der Waals surface area contributed by atoms with Crippen molar-refractivity contribution in [1.82, 2.24) is 9.78 Å². The Hall–Kier alpha value is -2.84. The van der Waals surface area contributed by atoms with Gasteiger partial charge in [0.1, 0.15) is 5.69 Å². The van der Waals surface area contributed by atoms with Crippen molar-refractivity contribution in [3.8, 4) is 11.4 Å². The molecule has 0 spiro atoms. The molecular formula is C11H5F3N2O4. The van der Waals surface area contributed by atoms with Crippen LogP contribution in [0.25, 0.3) is 5.69 Å². The summed E-state index contributed by atoms with van der Waals surface area (Å²) >= 11 is 0. The Bertz CT molecular complexity index is 773. The first-order chi connectivity index (χ1) is 9.32. The number of carbonyl (C=O) groups is 1. The molecule has 20 heavy (non-hydrogen) atoms. The summed E-state index contributed by atoms with van der Waals surface area (Å²) in [5.74, 6) is -7.62. The molecule has 0 amide bonds. The highest BCUT2D eigenvalue weighted by atomic mass is 19.2. The second-order valence-corrected chi connectivity index (χ2v) is 3.63. The maximum atomic E-state index is 13.5. The Morgan fingerprint density at radius 2 is 1.85 bits per heavy atom. The first kappa shape index (κ1) is 13.6. The number of rotatable bonds is 2. The van der Waals surface area contributed by atoms with E-state index in [0.717, 1.165) is 0 Å². The van der Waals surface area contributed by atoms with Gasteiger partial charge in [0.25, 0.3) is 5.56 Å². The molecule has 6 nitrogen and oxygen atoms in total. The van der Waals surface area contributed by atoms with Gasteiger partial charge in [0, 0.05) is 6.07 Å². The van der Waals surface area contributed by atoms with Crippen LogP contribution in [0.2, 0.25) is 0 Å². The molecule has 0 aliphatic carbocycles. The van der Waals surface area contributed by atoms with Crippen molar-refractivity contribution in [2.24, 2.45) is 0 Å². The zero-order valence-corrected chi connectivity index (χ0v) is 9.47. The van der Waals surface area contributed by atoms with Crippen LogP contribution in [0.5, 0.6) is 5.75 Å². The van der Waals surface area contributed by atoms with Crippen LogP contribution >= 0.6 is 0 Å². The third-order valence-electron chi connectivity index (χ3n) is 2.36. The SMILES string of the molecule is O=C(O)c1nn(-c2ccc(F)c(F)c2F)c(=O)cc1O. The third kappa shape index (κ3) is 2.09. The minimum absolute atomic E-state index is 0.209. The molecule has 2 N–H and O–H groups in total. The van der Waals surface area contributed by atoms with E-state index >= 15 is 0 Å². The van der Waals surface area contributed by atoms with Gasteiger partial charge in [0.05, 0.1) is 0 Å². The normalized spacial score (nSPS) is 10.6. The maximum absolute atomic E-state index is 13.5. The van der Waals surface area contributed by atoms with E-state index in [4.69, 9.17) is 5.11 Å². The van der Waals surface area contributed by atoms with E-state index in [1.54, 1.807) is 0 Å². The van der Waals surface area contributed by atoms with Crippen molar-refractivity contribution in [3.05, 3.63) is 51.7 Å². The predicted octanol–water partition coefficient (Wildman–Crippen LogP) is 1.05. The molecular weight excluding hydrogens is 281 g/mol. The molecule has 0 bridgehead atoms. The van der Waals surface area contributed by atoms with Crippen LogP contribution < -0.4 is 5.56 Å². The summed E-state index contributed by atoms with van der Waals surface area (Å²) in [5.41, 5.74) is -2.83. The van der Waals surface area contributed by atoms with Crippen molar-refractivity contribution in [2.75, 3.05) is 0 Å². The largest absolute Gasteiger partial charge is 0.505 e. The number of halogens is 3. The lowest BCUT2D eigenvalue weighted by Gasteiger charge is -2.08. The second-order valence-electron chi connectivity index (χ2n) is 3.63. The molecule has 0 unspecified atom stereocenters. The molecule has 1 aromatic carbocycles. The fraction of sp³-hybridized carbons (Fsp3) is 0. The van der Waals surface area contributed by atoms with Crippen LogP contribution in [0.1, 0.15) is 10.5 Å². The topological polar surface area (TPSA) is 92.4 Å². The van der Waals surface area contributed by atoms with Crippen molar-refractivity contribution in [3.63, 3.8) is 0 Å². The number of aromatic nitrogens is 2. The van der Waals surface area contributed by atoms with E-state index in [0.29, 0.717) is 18.2 Å². The lowest BCUT2D eigenvalue weighted by atomic mass is 10.2. The molecule has 2 rings (SSSR count). The molecule has 2 aromatic rings. The van der Waals surface area contributed by atoms with Gasteiger partial charge >= 0.3 is 5.97 Å². The summed E-state index contributed by atoms with van der Waals surface area (Å²) < 4.78 is 39.6. The fourth-order valence-corrected chi connectivity index (χ4v) is 1.45. The van der Waals surface area contributed by atoms with Crippen LogP contribution in [0.4, 0.5) is 13.2 Å². The van der Waals surface area contributed by atoms with Crippen LogP contribution in [0.15, 0.2) is 23.0 Å². The van der Waals surface area contributed by atoms with Gasteiger partial charge in [-0.05, 0) is 12.1 Å². The zero-order valence-electron chi connectivity index (χ0n) is 9.47. The molecule has 0 aliphatic heterocycles. The van der Waals surface area contributed by atoms with E-state index in [2.05, 4.69) is 5.10 Å². The summed E-state index contributed by atoms with van der Waals surface area (Å²) in [6.45, 7) is 0. The average Bonchev–Trinajstić information content (AvgIpc) is 2.37. The number of hydrogen-bond donors (Lipinski definition) is 2. The minimum Gasteiger partial charge on any atom is -0.505 e. The van der Waals surface area contributed by atoms with E-state index < -0.39 is 46.1 Å². The summed E-state index contributed by atoms with van der Waals surface area (Å²) in [6.07, 6.45) is 0. The van der Waals surface area contributed by atoms with Crippen LogP contribution in [-0.2, 0) is 0 Å². The van der Waals surface area contributed by atoms with Gasteiger partial charge in [-0.25, -0.2) is 18.0 Å². The molecule has 0 saturated carbocycles.